The highest BCUT2D eigenvalue weighted by Crippen LogP contribution is 2.32. The van der Waals surface area contributed by atoms with E-state index in [9.17, 15) is 4.79 Å². The molecular weight excluding hydrogens is 276 g/mol. The third-order valence-corrected chi connectivity index (χ3v) is 4.02. The molecule has 0 spiro atoms. The van der Waals surface area contributed by atoms with Gasteiger partial charge in [0.25, 0.3) is 5.88 Å². The first-order valence-corrected chi connectivity index (χ1v) is 7.13. The first kappa shape index (κ1) is 12.6. The molecular formula is C13H16N4O4. The molecule has 8 nitrogen and oxygen atoms in total. The van der Waals surface area contributed by atoms with Crippen LogP contribution in [0.3, 0.4) is 0 Å². The largest absolute Gasteiger partial charge is 0.484 e. The highest BCUT2D eigenvalue weighted by molar-refractivity contribution is 5.87. The van der Waals surface area contributed by atoms with E-state index in [-0.39, 0.29) is 12.2 Å². The fraction of sp³-hybridized carbons (Fsp3) is 0.615. The summed E-state index contributed by atoms with van der Waals surface area (Å²) >= 11 is 0. The quantitative estimate of drug-likeness (QED) is 0.790. The van der Waals surface area contributed by atoms with Crippen LogP contribution in [-0.2, 0) is 4.74 Å². The molecule has 0 radical (unpaired) electrons. The predicted molar refractivity (Wildman–Crippen MR) is 71.6 cm³/mol. The Morgan fingerprint density at radius 2 is 2.19 bits per heavy atom. The number of aromatic nitrogens is 2. The van der Waals surface area contributed by atoms with Gasteiger partial charge in [0.05, 0.1) is 0 Å². The number of carbonyl (C=O) groups is 1. The smallest absolute Gasteiger partial charge is 0.415 e. The highest BCUT2D eigenvalue weighted by atomic mass is 16.6. The fourth-order valence-electron chi connectivity index (χ4n) is 2.90. The number of carbonyl (C=O) groups excluding carboxylic acids is 1. The van der Waals surface area contributed by atoms with E-state index < -0.39 is 0 Å². The first-order valence-electron chi connectivity index (χ1n) is 7.13. The molecule has 2 fully saturated rings. The van der Waals surface area contributed by atoms with Crippen molar-refractivity contribution in [3.63, 3.8) is 0 Å². The average molecular weight is 292 g/mol. The number of hydrogen-bond acceptors (Lipinski definition) is 7. The zero-order valence-corrected chi connectivity index (χ0v) is 11.4. The summed E-state index contributed by atoms with van der Waals surface area (Å²) in [4.78, 5) is 13.7. The zero-order chi connectivity index (χ0) is 14.2. The summed E-state index contributed by atoms with van der Waals surface area (Å²) < 4.78 is 16.3. The Bertz CT molecular complexity index is 567. The van der Waals surface area contributed by atoms with Crippen LogP contribution < -0.4 is 19.7 Å². The molecule has 112 valence electrons. The summed E-state index contributed by atoms with van der Waals surface area (Å²) in [5.74, 6) is 1.65. The molecule has 4 heterocycles. The van der Waals surface area contributed by atoms with E-state index in [4.69, 9.17) is 14.2 Å². The maximum absolute atomic E-state index is 12.2. The van der Waals surface area contributed by atoms with Crippen LogP contribution in [0.15, 0.2) is 6.07 Å². The van der Waals surface area contributed by atoms with Gasteiger partial charge in [-0.25, -0.2) is 4.79 Å². The second kappa shape index (κ2) is 5.03. The van der Waals surface area contributed by atoms with Gasteiger partial charge < -0.3 is 19.5 Å². The molecule has 4 rings (SSSR count). The van der Waals surface area contributed by atoms with E-state index in [1.165, 1.54) is 4.90 Å². The molecule has 1 aromatic rings. The number of ether oxygens (including phenoxy) is 3. The minimum absolute atomic E-state index is 0.0485. The van der Waals surface area contributed by atoms with Gasteiger partial charge in [0.2, 0.25) is 0 Å². The van der Waals surface area contributed by atoms with E-state index in [1.807, 2.05) is 0 Å². The standard InChI is InChI=1S/C13H16N4O4/c18-13-17(7-8-1-2-14-6-10(8)21-13)11-5-9-12(16-15-11)20-4-3-19-9/h5,8,10,14H,1-4,6-7H2/t8-,10+/m0/s1. The summed E-state index contributed by atoms with van der Waals surface area (Å²) in [5.41, 5.74) is 0. The molecule has 0 aliphatic carbocycles. The Labute approximate surface area is 121 Å². The van der Waals surface area contributed by atoms with Crippen molar-refractivity contribution in [2.45, 2.75) is 12.5 Å². The van der Waals surface area contributed by atoms with Gasteiger partial charge in [-0.05, 0) is 13.0 Å². The van der Waals surface area contributed by atoms with Crippen molar-refractivity contribution in [1.82, 2.24) is 15.5 Å². The lowest BCUT2D eigenvalue weighted by atomic mass is 9.93. The van der Waals surface area contributed by atoms with Crippen molar-refractivity contribution in [3.05, 3.63) is 6.07 Å². The lowest BCUT2D eigenvalue weighted by Gasteiger charge is -2.40. The van der Waals surface area contributed by atoms with E-state index in [2.05, 4.69) is 15.5 Å². The molecule has 2 saturated heterocycles. The number of nitrogens with one attached hydrogen (secondary N) is 1. The molecule has 21 heavy (non-hydrogen) atoms. The van der Waals surface area contributed by atoms with Gasteiger partial charge in [-0.1, -0.05) is 0 Å². The van der Waals surface area contributed by atoms with Crippen LogP contribution in [0.25, 0.3) is 0 Å². The number of hydrogen-bond donors (Lipinski definition) is 1. The molecule has 2 atom stereocenters. The van der Waals surface area contributed by atoms with Crippen LogP contribution in [0.4, 0.5) is 10.6 Å². The number of rotatable bonds is 1. The number of amides is 1. The number of piperidine rings is 1. The van der Waals surface area contributed by atoms with Crippen molar-refractivity contribution in [2.75, 3.05) is 37.7 Å². The summed E-state index contributed by atoms with van der Waals surface area (Å²) in [7, 11) is 0. The minimum Gasteiger partial charge on any atom is -0.484 e. The minimum atomic E-state index is -0.383. The molecule has 8 heteroatoms. The summed E-state index contributed by atoms with van der Waals surface area (Å²) in [6.45, 7) is 3.19. The average Bonchev–Trinajstić information content (AvgIpc) is 2.54. The van der Waals surface area contributed by atoms with Crippen LogP contribution in [0.1, 0.15) is 6.42 Å². The third-order valence-electron chi connectivity index (χ3n) is 4.02. The lowest BCUT2D eigenvalue weighted by molar-refractivity contribution is 0.0326. The monoisotopic (exact) mass is 292 g/mol. The Balaban J connectivity index is 1.59. The van der Waals surface area contributed by atoms with Gasteiger partial charge >= 0.3 is 6.09 Å². The first-order chi connectivity index (χ1) is 10.3. The fourth-order valence-corrected chi connectivity index (χ4v) is 2.90. The highest BCUT2D eigenvalue weighted by Gasteiger charge is 2.38. The molecule has 3 aliphatic rings. The second-order valence-corrected chi connectivity index (χ2v) is 5.35. The van der Waals surface area contributed by atoms with Crippen LogP contribution in [0.2, 0.25) is 0 Å². The molecule has 0 unspecified atom stereocenters. The molecule has 0 aromatic carbocycles. The molecule has 1 amide bonds. The van der Waals surface area contributed by atoms with Crippen LogP contribution in [0.5, 0.6) is 11.6 Å². The third kappa shape index (κ3) is 2.25. The van der Waals surface area contributed by atoms with Gasteiger partial charge in [-0.3, -0.25) is 4.90 Å². The molecule has 3 aliphatic heterocycles. The number of anilines is 1. The van der Waals surface area contributed by atoms with Crippen molar-refractivity contribution in [2.24, 2.45) is 5.92 Å². The second-order valence-electron chi connectivity index (χ2n) is 5.35. The summed E-state index contributed by atoms with van der Waals surface area (Å²) in [6, 6.07) is 1.68. The molecule has 1 N–H and O–H groups in total. The maximum Gasteiger partial charge on any atom is 0.415 e. The van der Waals surface area contributed by atoms with E-state index in [0.29, 0.717) is 43.1 Å². The SMILES string of the molecule is O=C1O[C@@H]2CNCC[C@H]2CN1c1cc2c(nn1)OCCO2. The van der Waals surface area contributed by atoms with E-state index >= 15 is 0 Å². The molecule has 0 saturated carbocycles. The topological polar surface area (TPSA) is 85.8 Å². The normalized spacial score (nSPS) is 27.8. The van der Waals surface area contributed by atoms with Gasteiger partial charge in [-0.2, -0.15) is 0 Å². The Morgan fingerprint density at radius 1 is 1.29 bits per heavy atom. The maximum atomic E-state index is 12.2. The molecule has 0 bridgehead atoms. The van der Waals surface area contributed by atoms with Crippen molar-refractivity contribution >= 4 is 11.9 Å². The zero-order valence-electron chi connectivity index (χ0n) is 11.4. The van der Waals surface area contributed by atoms with E-state index in [1.54, 1.807) is 6.07 Å². The molecule has 1 aromatic heterocycles. The van der Waals surface area contributed by atoms with Gasteiger partial charge in [-0.15, -0.1) is 10.2 Å². The summed E-state index contributed by atoms with van der Waals surface area (Å²) in [5, 5.41) is 11.3. The Hall–Kier alpha value is -2.09. The van der Waals surface area contributed by atoms with Crippen LogP contribution >= 0.6 is 0 Å². The van der Waals surface area contributed by atoms with Crippen LogP contribution in [-0.4, -0.2) is 55.2 Å². The van der Waals surface area contributed by atoms with Crippen molar-refractivity contribution in [1.29, 1.82) is 0 Å². The van der Waals surface area contributed by atoms with E-state index in [0.717, 1.165) is 19.5 Å². The Kier molecular flexibility index (Phi) is 3.03. The van der Waals surface area contributed by atoms with Gasteiger partial charge in [0.1, 0.15) is 19.3 Å². The Morgan fingerprint density at radius 3 is 3.14 bits per heavy atom. The number of fused-ring (bicyclic) bond motifs is 2. The van der Waals surface area contributed by atoms with Crippen molar-refractivity contribution in [3.8, 4) is 11.6 Å². The van der Waals surface area contributed by atoms with Gasteiger partial charge in [0.15, 0.2) is 11.6 Å². The van der Waals surface area contributed by atoms with Gasteiger partial charge in [0, 0.05) is 25.1 Å². The van der Waals surface area contributed by atoms with Crippen molar-refractivity contribution < 1.29 is 19.0 Å². The summed E-state index contributed by atoms with van der Waals surface area (Å²) in [6.07, 6.45) is 0.547. The van der Waals surface area contributed by atoms with Crippen LogP contribution in [0, 0.1) is 5.92 Å². The number of nitrogens with zero attached hydrogens (tertiary/aromatic N) is 3. The predicted octanol–water partition coefficient (Wildman–Crippen LogP) is 0.182. The lowest BCUT2D eigenvalue weighted by Crippen LogP contribution is -2.55.